The van der Waals surface area contributed by atoms with Crippen LogP contribution in [0.25, 0.3) is 0 Å². The SMILES string of the molecule is NNc1ccc(C(=O)N2CCCCCCC2)nc1. The number of nitrogens with zero attached hydrogens (tertiary/aromatic N) is 2. The average molecular weight is 248 g/mol. The van der Waals surface area contributed by atoms with E-state index in [1.54, 1.807) is 18.3 Å². The van der Waals surface area contributed by atoms with Gasteiger partial charge < -0.3 is 10.3 Å². The Bertz CT molecular complexity index is 382. The molecule has 18 heavy (non-hydrogen) atoms. The van der Waals surface area contributed by atoms with Gasteiger partial charge in [-0.05, 0) is 25.0 Å². The number of nitrogens with two attached hydrogens (primary N) is 1. The molecular formula is C13H20N4O. The van der Waals surface area contributed by atoms with Gasteiger partial charge in [-0.1, -0.05) is 19.3 Å². The smallest absolute Gasteiger partial charge is 0.272 e. The molecule has 0 radical (unpaired) electrons. The van der Waals surface area contributed by atoms with E-state index in [0.717, 1.165) is 25.9 Å². The second kappa shape index (κ2) is 6.35. The zero-order valence-electron chi connectivity index (χ0n) is 10.6. The van der Waals surface area contributed by atoms with E-state index in [-0.39, 0.29) is 5.91 Å². The zero-order valence-corrected chi connectivity index (χ0v) is 10.6. The van der Waals surface area contributed by atoms with Crippen molar-refractivity contribution >= 4 is 11.6 Å². The van der Waals surface area contributed by atoms with Gasteiger partial charge in [-0.25, -0.2) is 4.98 Å². The van der Waals surface area contributed by atoms with Gasteiger partial charge in [0.1, 0.15) is 5.69 Å². The molecule has 1 aromatic rings. The van der Waals surface area contributed by atoms with Crippen LogP contribution >= 0.6 is 0 Å². The maximum atomic E-state index is 12.3. The molecule has 0 unspecified atom stereocenters. The van der Waals surface area contributed by atoms with Gasteiger partial charge in [0.15, 0.2) is 0 Å². The number of carbonyl (C=O) groups is 1. The van der Waals surface area contributed by atoms with Crippen LogP contribution in [0.15, 0.2) is 18.3 Å². The number of hydrazine groups is 1. The first kappa shape index (κ1) is 12.8. The molecule has 5 nitrogen and oxygen atoms in total. The van der Waals surface area contributed by atoms with Crippen LogP contribution in [-0.2, 0) is 0 Å². The van der Waals surface area contributed by atoms with Crippen LogP contribution in [0.4, 0.5) is 5.69 Å². The molecule has 0 bridgehead atoms. The molecule has 2 heterocycles. The molecule has 2 rings (SSSR count). The number of nitrogen functional groups attached to an aromatic ring is 1. The Morgan fingerprint density at radius 2 is 1.83 bits per heavy atom. The summed E-state index contributed by atoms with van der Waals surface area (Å²) in [6.45, 7) is 1.69. The maximum Gasteiger partial charge on any atom is 0.272 e. The lowest BCUT2D eigenvalue weighted by Gasteiger charge is -2.24. The van der Waals surface area contributed by atoms with Crippen molar-refractivity contribution in [2.45, 2.75) is 32.1 Å². The number of aromatic nitrogens is 1. The molecule has 0 saturated carbocycles. The van der Waals surface area contributed by atoms with Gasteiger partial charge >= 0.3 is 0 Å². The summed E-state index contributed by atoms with van der Waals surface area (Å²) in [4.78, 5) is 18.3. The molecule has 1 fully saturated rings. The minimum Gasteiger partial charge on any atom is -0.337 e. The number of carbonyl (C=O) groups excluding carboxylic acids is 1. The topological polar surface area (TPSA) is 71.2 Å². The van der Waals surface area contributed by atoms with Gasteiger partial charge in [-0.15, -0.1) is 0 Å². The summed E-state index contributed by atoms with van der Waals surface area (Å²) in [5.41, 5.74) is 3.71. The minimum absolute atomic E-state index is 0.0282. The van der Waals surface area contributed by atoms with Crippen LogP contribution in [-0.4, -0.2) is 28.9 Å². The predicted molar refractivity (Wildman–Crippen MR) is 71.0 cm³/mol. The lowest BCUT2D eigenvalue weighted by atomic mass is 10.1. The third-order valence-electron chi connectivity index (χ3n) is 3.29. The quantitative estimate of drug-likeness (QED) is 0.618. The largest absolute Gasteiger partial charge is 0.337 e. The summed E-state index contributed by atoms with van der Waals surface area (Å²) in [6, 6.07) is 3.49. The van der Waals surface area contributed by atoms with Crippen molar-refractivity contribution in [2.24, 2.45) is 5.84 Å². The standard InChI is InChI=1S/C13H20N4O/c14-16-11-6-7-12(15-10-11)13(18)17-8-4-2-1-3-5-9-17/h6-7,10,16H,1-5,8-9,14H2. The highest BCUT2D eigenvalue weighted by Crippen LogP contribution is 2.13. The van der Waals surface area contributed by atoms with Gasteiger partial charge in [-0.2, -0.15) is 0 Å². The second-order valence-corrected chi connectivity index (χ2v) is 4.64. The number of rotatable bonds is 2. The maximum absolute atomic E-state index is 12.3. The van der Waals surface area contributed by atoms with E-state index in [1.807, 2.05) is 4.90 Å². The van der Waals surface area contributed by atoms with E-state index in [4.69, 9.17) is 5.84 Å². The first-order valence-corrected chi connectivity index (χ1v) is 6.53. The molecule has 98 valence electrons. The van der Waals surface area contributed by atoms with E-state index in [9.17, 15) is 4.79 Å². The van der Waals surface area contributed by atoms with Crippen LogP contribution in [0.3, 0.4) is 0 Å². The average Bonchev–Trinajstić information content (AvgIpc) is 2.38. The summed E-state index contributed by atoms with van der Waals surface area (Å²) >= 11 is 0. The number of anilines is 1. The fraction of sp³-hybridized carbons (Fsp3) is 0.538. The molecule has 0 aromatic carbocycles. The van der Waals surface area contributed by atoms with Gasteiger partial charge in [0.05, 0.1) is 11.9 Å². The Kier molecular flexibility index (Phi) is 4.52. The Morgan fingerprint density at radius 3 is 2.39 bits per heavy atom. The van der Waals surface area contributed by atoms with E-state index in [0.29, 0.717) is 11.4 Å². The normalized spacial score (nSPS) is 16.8. The Labute approximate surface area is 107 Å². The van der Waals surface area contributed by atoms with Crippen LogP contribution in [0.2, 0.25) is 0 Å². The molecular weight excluding hydrogens is 228 g/mol. The van der Waals surface area contributed by atoms with Gasteiger partial charge in [-0.3, -0.25) is 10.6 Å². The molecule has 0 spiro atoms. The van der Waals surface area contributed by atoms with Crippen LogP contribution < -0.4 is 11.3 Å². The molecule has 1 aromatic heterocycles. The molecule has 0 aliphatic carbocycles. The number of pyridine rings is 1. The number of nitrogens with one attached hydrogen (secondary N) is 1. The summed E-state index contributed by atoms with van der Waals surface area (Å²) in [6.07, 6.45) is 7.48. The summed E-state index contributed by atoms with van der Waals surface area (Å²) in [7, 11) is 0. The van der Waals surface area contributed by atoms with Crippen LogP contribution in [0, 0.1) is 0 Å². The summed E-state index contributed by atoms with van der Waals surface area (Å²) in [5.74, 6) is 5.30. The molecule has 0 atom stereocenters. The van der Waals surface area contributed by atoms with Crippen molar-refractivity contribution in [1.82, 2.24) is 9.88 Å². The molecule has 3 N–H and O–H groups in total. The molecule has 1 aliphatic rings. The monoisotopic (exact) mass is 248 g/mol. The number of hydrogen-bond acceptors (Lipinski definition) is 4. The highest BCUT2D eigenvalue weighted by Gasteiger charge is 2.17. The van der Waals surface area contributed by atoms with E-state index < -0.39 is 0 Å². The van der Waals surface area contributed by atoms with Crippen molar-refractivity contribution in [3.63, 3.8) is 0 Å². The third-order valence-corrected chi connectivity index (χ3v) is 3.29. The fourth-order valence-electron chi connectivity index (χ4n) is 2.22. The van der Waals surface area contributed by atoms with Crippen LogP contribution in [0.5, 0.6) is 0 Å². The summed E-state index contributed by atoms with van der Waals surface area (Å²) < 4.78 is 0. The van der Waals surface area contributed by atoms with Crippen molar-refractivity contribution in [1.29, 1.82) is 0 Å². The lowest BCUT2D eigenvalue weighted by Crippen LogP contribution is -2.34. The third kappa shape index (κ3) is 3.20. The molecule has 5 heteroatoms. The molecule has 1 aliphatic heterocycles. The highest BCUT2D eigenvalue weighted by molar-refractivity contribution is 5.92. The Balaban J connectivity index is 2.03. The number of hydrogen-bond donors (Lipinski definition) is 2. The minimum atomic E-state index is 0.0282. The zero-order chi connectivity index (χ0) is 12.8. The van der Waals surface area contributed by atoms with Crippen molar-refractivity contribution in [3.8, 4) is 0 Å². The van der Waals surface area contributed by atoms with Gasteiger partial charge in [0.25, 0.3) is 5.91 Å². The van der Waals surface area contributed by atoms with E-state index in [1.165, 1.54) is 19.3 Å². The second-order valence-electron chi connectivity index (χ2n) is 4.64. The number of likely N-dealkylation sites (tertiary alicyclic amines) is 1. The number of amides is 1. The summed E-state index contributed by atoms with van der Waals surface area (Å²) in [5, 5.41) is 0. The van der Waals surface area contributed by atoms with E-state index in [2.05, 4.69) is 10.4 Å². The van der Waals surface area contributed by atoms with E-state index >= 15 is 0 Å². The van der Waals surface area contributed by atoms with Crippen molar-refractivity contribution in [3.05, 3.63) is 24.0 Å². The predicted octanol–water partition coefficient (Wildman–Crippen LogP) is 1.77. The first-order chi connectivity index (χ1) is 8.81. The van der Waals surface area contributed by atoms with Gasteiger partial charge in [0.2, 0.25) is 0 Å². The fourth-order valence-corrected chi connectivity index (χ4v) is 2.22. The molecule has 1 saturated heterocycles. The first-order valence-electron chi connectivity index (χ1n) is 6.53. The Morgan fingerprint density at radius 1 is 1.17 bits per heavy atom. The highest BCUT2D eigenvalue weighted by atomic mass is 16.2. The Hall–Kier alpha value is -1.62. The van der Waals surface area contributed by atoms with Crippen molar-refractivity contribution in [2.75, 3.05) is 18.5 Å². The van der Waals surface area contributed by atoms with Gasteiger partial charge in [0, 0.05) is 13.1 Å². The van der Waals surface area contributed by atoms with Crippen molar-refractivity contribution < 1.29 is 4.79 Å². The lowest BCUT2D eigenvalue weighted by molar-refractivity contribution is 0.0736. The molecule has 1 amide bonds. The van der Waals surface area contributed by atoms with Crippen LogP contribution in [0.1, 0.15) is 42.6 Å².